The molecule has 2 N–H and O–H groups in total. The molecule has 3 rings (SSSR count). The highest BCUT2D eigenvalue weighted by molar-refractivity contribution is 6.36. The standard InChI is InChI=1S/C22H15Cl2NO4/c1-25-15-4-2-3-14(9-15)17-7-13(5-6-21(17)26)8-18-19(23)10-16(11-20(18)24)29-12-22(27)28/h2-7,9-11,26H,8,12H2,(H,27,28). The number of aliphatic carboxylic acids is 1. The molecule has 5 nitrogen and oxygen atoms in total. The first-order chi connectivity index (χ1) is 13.9. The lowest BCUT2D eigenvalue weighted by Gasteiger charge is -2.12. The fraction of sp³-hybridized carbons (Fsp3) is 0.0909. The Morgan fingerprint density at radius 1 is 1.07 bits per heavy atom. The number of hydrogen-bond acceptors (Lipinski definition) is 3. The van der Waals surface area contributed by atoms with Gasteiger partial charge in [-0.3, -0.25) is 0 Å². The van der Waals surface area contributed by atoms with Crippen LogP contribution in [0.4, 0.5) is 5.69 Å². The maximum Gasteiger partial charge on any atom is 0.341 e. The second-order valence-corrected chi connectivity index (χ2v) is 7.05. The van der Waals surface area contributed by atoms with Crippen molar-refractivity contribution in [3.63, 3.8) is 0 Å². The third kappa shape index (κ3) is 5.00. The second-order valence-electron chi connectivity index (χ2n) is 6.24. The Bertz CT molecular complexity index is 1100. The lowest BCUT2D eigenvalue weighted by atomic mass is 9.98. The Hall–Kier alpha value is -3.20. The van der Waals surface area contributed by atoms with Gasteiger partial charge in [0, 0.05) is 22.0 Å². The third-order valence-corrected chi connectivity index (χ3v) is 4.88. The van der Waals surface area contributed by atoms with Gasteiger partial charge in [-0.05, 0) is 47.0 Å². The van der Waals surface area contributed by atoms with Crippen LogP contribution in [-0.2, 0) is 11.2 Å². The first-order valence-corrected chi connectivity index (χ1v) is 9.25. The molecule has 3 aromatic carbocycles. The van der Waals surface area contributed by atoms with Crippen LogP contribution in [0.5, 0.6) is 11.5 Å². The zero-order chi connectivity index (χ0) is 21.0. The molecule has 0 amide bonds. The summed E-state index contributed by atoms with van der Waals surface area (Å²) >= 11 is 12.7. The number of phenolic OH excluding ortho intramolecular Hbond substituents is 1. The van der Waals surface area contributed by atoms with Crippen molar-refractivity contribution in [1.82, 2.24) is 0 Å². The SMILES string of the molecule is [C-]#[N+]c1cccc(-c2cc(Cc3c(Cl)cc(OCC(=O)O)cc3Cl)ccc2O)c1. The number of rotatable bonds is 6. The van der Waals surface area contributed by atoms with E-state index in [1.807, 2.05) is 12.1 Å². The van der Waals surface area contributed by atoms with Crippen molar-refractivity contribution in [1.29, 1.82) is 0 Å². The van der Waals surface area contributed by atoms with Crippen molar-refractivity contribution in [2.24, 2.45) is 0 Å². The van der Waals surface area contributed by atoms with Crippen molar-refractivity contribution in [3.05, 3.63) is 87.2 Å². The first kappa shape index (κ1) is 20.5. The smallest absolute Gasteiger partial charge is 0.341 e. The average Bonchev–Trinajstić information content (AvgIpc) is 2.70. The number of hydrogen-bond donors (Lipinski definition) is 2. The van der Waals surface area contributed by atoms with Crippen molar-refractivity contribution in [3.8, 4) is 22.6 Å². The van der Waals surface area contributed by atoms with Gasteiger partial charge in [0.25, 0.3) is 0 Å². The summed E-state index contributed by atoms with van der Waals surface area (Å²) in [5.41, 5.74) is 3.32. The molecule has 0 saturated carbocycles. The van der Waals surface area contributed by atoms with E-state index in [0.717, 1.165) is 11.1 Å². The highest BCUT2D eigenvalue weighted by Crippen LogP contribution is 2.35. The van der Waals surface area contributed by atoms with Crippen LogP contribution in [0.15, 0.2) is 54.6 Å². The Morgan fingerprint density at radius 3 is 2.45 bits per heavy atom. The van der Waals surface area contributed by atoms with Crippen molar-refractivity contribution < 1.29 is 19.7 Å². The molecule has 0 aliphatic heterocycles. The summed E-state index contributed by atoms with van der Waals surface area (Å²) in [4.78, 5) is 14.1. The van der Waals surface area contributed by atoms with Gasteiger partial charge < -0.3 is 14.9 Å². The summed E-state index contributed by atoms with van der Waals surface area (Å²) in [5, 5.41) is 19.7. The normalized spacial score (nSPS) is 10.4. The number of halogens is 2. The average molecular weight is 428 g/mol. The molecule has 0 atom stereocenters. The molecule has 0 aromatic heterocycles. The maximum absolute atomic E-state index is 10.6. The van der Waals surface area contributed by atoms with Crippen LogP contribution >= 0.6 is 23.2 Å². The first-order valence-electron chi connectivity index (χ1n) is 8.49. The lowest BCUT2D eigenvalue weighted by Crippen LogP contribution is -2.09. The van der Waals surface area contributed by atoms with Gasteiger partial charge in [0.05, 0.1) is 6.57 Å². The molecular formula is C22H15Cl2NO4. The van der Waals surface area contributed by atoms with Gasteiger partial charge in [0.1, 0.15) is 11.5 Å². The minimum absolute atomic E-state index is 0.102. The third-order valence-electron chi connectivity index (χ3n) is 4.20. The van der Waals surface area contributed by atoms with E-state index in [1.165, 1.54) is 12.1 Å². The lowest BCUT2D eigenvalue weighted by molar-refractivity contribution is -0.139. The van der Waals surface area contributed by atoms with Crippen molar-refractivity contribution >= 4 is 34.9 Å². The van der Waals surface area contributed by atoms with Crippen molar-refractivity contribution in [2.75, 3.05) is 6.61 Å². The monoisotopic (exact) mass is 427 g/mol. The number of ether oxygens (including phenoxy) is 1. The number of carboxylic acid groups (broad SMARTS) is 1. The van der Waals surface area contributed by atoms with Crippen LogP contribution in [0.1, 0.15) is 11.1 Å². The van der Waals surface area contributed by atoms with Crippen LogP contribution in [-0.4, -0.2) is 22.8 Å². The molecular weight excluding hydrogens is 413 g/mol. The largest absolute Gasteiger partial charge is 0.507 e. The fourth-order valence-electron chi connectivity index (χ4n) is 2.85. The number of carboxylic acids is 1. The van der Waals surface area contributed by atoms with E-state index in [1.54, 1.807) is 30.3 Å². The summed E-state index contributed by atoms with van der Waals surface area (Å²) in [6.07, 6.45) is 0.396. The van der Waals surface area contributed by atoms with Crippen LogP contribution in [0.2, 0.25) is 10.0 Å². The second kappa shape index (κ2) is 8.87. The molecule has 0 spiro atoms. The Balaban J connectivity index is 1.91. The summed E-state index contributed by atoms with van der Waals surface area (Å²) < 4.78 is 5.12. The predicted octanol–water partition coefficient (Wildman–Crippen LogP) is 5.97. The summed E-state index contributed by atoms with van der Waals surface area (Å²) in [7, 11) is 0. The molecule has 0 unspecified atom stereocenters. The van der Waals surface area contributed by atoms with E-state index in [0.29, 0.717) is 33.3 Å². The van der Waals surface area contributed by atoms with E-state index in [-0.39, 0.29) is 11.5 Å². The van der Waals surface area contributed by atoms with Gasteiger partial charge in [-0.2, -0.15) is 0 Å². The topological polar surface area (TPSA) is 71.1 Å². The van der Waals surface area contributed by atoms with E-state index in [2.05, 4.69) is 4.85 Å². The highest BCUT2D eigenvalue weighted by atomic mass is 35.5. The van der Waals surface area contributed by atoms with Gasteiger partial charge in [-0.1, -0.05) is 47.5 Å². The zero-order valence-corrected chi connectivity index (χ0v) is 16.5. The molecule has 7 heteroatoms. The number of benzene rings is 3. The summed E-state index contributed by atoms with van der Waals surface area (Å²) in [5.74, 6) is -0.723. The molecule has 29 heavy (non-hydrogen) atoms. The molecule has 0 bridgehead atoms. The summed E-state index contributed by atoms with van der Waals surface area (Å²) in [6.45, 7) is 6.67. The van der Waals surface area contributed by atoms with E-state index in [4.69, 9.17) is 39.6 Å². The molecule has 0 fully saturated rings. The quantitative estimate of drug-likeness (QED) is 0.475. The zero-order valence-electron chi connectivity index (χ0n) is 15.0. The van der Waals surface area contributed by atoms with Gasteiger partial charge in [-0.25, -0.2) is 9.64 Å². The maximum atomic E-state index is 10.6. The molecule has 0 saturated heterocycles. The highest BCUT2D eigenvalue weighted by Gasteiger charge is 2.13. The predicted molar refractivity (Wildman–Crippen MR) is 112 cm³/mol. The number of phenols is 1. The van der Waals surface area contributed by atoms with E-state index < -0.39 is 12.6 Å². The summed E-state index contributed by atoms with van der Waals surface area (Å²) in [6, 6.07) is 15.2. The van der Waals surface area contributed by atoms with Gasteiger partial charge >= 0.3 is 5.97 Å². The van der Waals surface area contributed by atoms with Crippen LogP contribution in [0.25, 0.3) is 16.0 Å². The number of carbonyl (C=O) groups is 1. The number of aromatic hydroxyl groups is 1. The van der Waals surface area contributed by atoms with Crippen LogP contribution < -0.4 is 4.74 Å². The minimum Gasteiger partial charge on any atom is -0.507 e. The molecule has 3 aromatic rings. The van der Waals surface area contributed by atoms with E-state index >= 15 is 0 Å². The molecule has 0 aliphatic rings. The van der Waals surface area contributed by atoms with E-state index in [9.17, 15) is 9.90 Å². The van der Waals surface area contributed by atoms with Crippen LogP contribution in [0.3, 0.4) is 0 Å². The van der Waals surface area contributed by atoms with Gasteiger partial charge in [0.2, 0.25) is 0 Å². The van der Waals surface area contributed by atoms with Crippen LogP contribution in [0, 0.1) is 6.57 Å². The van der Waals surface area contributed by atoms with Gasteiger partial charge in [0.15, 0.2) is 12.3 Å². The van der Waals surface area contributed by atoms with Crippen molar-refractivity contribution in [2.45, 2.75) is 6.42 Å². The minimum atomic E-state index is -1.10. The fourth-order valence-corrected chi connectivity index (χ4v) is 3.45. The Labute approximate surface area is 177 Å². The number of nitrogens with zero attached hydrogens (tertiary/aromatic N) is 1. The Morgan fingerprint density at radius 2 is 1.79 bits per heavy atom. The molecule has 0 aliphatic carbocycles. The Kier molecular flexibility index (Phi) is 6.28. The molecule has 0 heterocycles. The van der Waals surface area contributed by atoms with Gasteiger partial charge in [-0.15, -0.1) is 0 Å². The molecule has 146 valence electrons. The molecule has 0 radical (unpaired) electrons.